The predicted octanol–water partition coefficient (Wildman–Crippen LogP) is 5.24. The van der Waals surface area contributed by atoms with E-state index in [1.807, 2.05) is 25.1 Å². The topological polar surface area (TPSA) is 29.5 Å². The van der Waals surface area contributed by atoms with Crippen molar-refractivity contribution < 1.29 is 9.84 Å². The van der Waals surface area contributed by atoms with Crippen molar-refractivity contribution in [2.45, 2.75) is 58.0 Å². The van der Waals surface area contributed by atoms with Crippen molar-refractivity contribution in [1.82, 2.24) is 0 Å². The van der Waals surface area contributed by atoms with Gasteiger partial charge in [0, 0.05) is 4.47 Å². The molecule has 1 saturated carbocycles. The van der Waals surface area contributed by atoms with Crippen LogP contribution >= 0.6 is 15.9 Å². The molecule has 1 aliphatic carbocycles. The van der Waals surface area contributed by atoms with Crippen molar-refractivity contribution in [3.05, 3.63) is 28.2 Å². The number of ether oxygens (including phenoxy) is 1. The minimum atomic E-state index is -0.363. The first-order valence-electron chi connectivity index (χ1n) is 7.82. The Morgan fingerprint density at radius 1 is 1.20 bits per heavy atom. The highest BCUT2D eigenvalue weighted by Crippen LogP contribution is 2.37. The SMILES string of the molecule is CCOc1ccc(C(O)C2CCCCCCC2)c(Br)c1. The van der Waals surface area contributed by atoms with E-state index in [1.54, 1.807) is 0 Å². The third kappa shape index (κ3) is 4.23. The first-order valence-corrected chi connectivity index (χ1v) is 8.62. The second-order valence-corrected chi connectivity index (χ2v) is 6.52. The Morgan fingerprint density at radius 3 is 2.45 bits per heavy atom. The van der Waals surface area contributed by atoms with Crippen molar-refractivity contribution in [1.29, 1.82) is 0 Å². The van der Waals surface area contributed by atoms with Gasteiger partial charge in [-0.3, -0.25) is 0 Å². The summed E-state index contributed by atoms with van der Waals surface area (Å²) in [4.78, 5) is 0. The predicted molar refractivity (Wildman–Crippen MR) is 86.1 cm³/mol. The Labute approximate surface area is 130 Å². The number of hydrogen-bond acceptors (Lipinski definition) is 2. The highest BCUT2D eigenvalue weighted by Gasteiger charge is 2.23. The van der Waals surface area contributed by atoms with Crippen LogP contribution in [-0.4, -0.2) is 11.7 Å². The first-order chi connectivity index (χ1) is 9.72. The zero-order chi connectivity index (χ0) is 14.4. The number of aliphatic hydroxyl groups excluding tert-OH is 1. The Hall–Kier alpha value is -0.540. The van der Waals surface area contributed by atoms with E-state index in [-0.39, 0.29) is 6.10 Å². The molecular formula is C17H25BrO2. The van der Waals surface area contributed by atoms with Crippen LogP contribution in [0, 0.1) is 5.92 Å². The maximum absolute atomic E-state index is 10.7. The molecule has 1 N–H and O–H groups in total. The maximum atomic E-state index is 10.7. The minimum Gasteiger partial charge on any atom is -0.494 e. The van der Waals surface area contributed by atoms with Crippen molar-refractivity contribution in [3.63, 3.8) is 0 Å². The van der Waals surface area contributed by atoms with E-state index < -0.39 is 0 Å². The number of rotatable bonds is 4. The van der Waals surface area contributed by atoms with Crippen LogP contribution in [0.25, 0.3) is 0 Å². The van der Waals surface area contributed by atoms with Gasteiger partial charge >= 0.3 is 0 Å². The molecule has 1 aromatic carbocycles. The van der Waals surface area contributed by atoms with Crippen LogP contribution in [0.3, 0.4) is 0 Å². The summed E-state index contributed by atoms with van der Waals surface area (Å²) in [6.07, 6.45) is 8.39. The molecule has 0 saturated heterocycles. The maximum Gasteiger partial charge on any atom is 0.120 e. The van der Waals surface area contributed by atoms with Crippen LogP contribution in [0.1, 0.15) is 63.5 Å². The van der Waals surface area contributed by atoms with Crippen LogP contribution in [0.4, 0.5) is 0 Å². The van der Waals surface area contributed by atoms with Crippen LogP contribution in [0.2, 0.25) is 0 Å². The third-order valence-corrected chi connectivity index (χ3v) is 4.88. The van der Waals surface area contributed by atoms with Gasteiger partial charge in [0.15, 0.2) is 0 Å². The van der Waals surface area contributed by atoms with E-state index in [4.69, 9.17) is 4.74 Å². The van der Waals surface area contributed by atoms with Gasteiger partial charge in [0.05, 0.1) is 12.7 Å². The average molecular weight is 341 g/mol. The Bertz CT molecular complexity index is 411. The Morgan fingerprint density at radius 2 is 1.85 bits per heavy atom. The van der Waals surface area contributed by atoms with E-state index in [2.05, 4.69) is 15.9 Å². The molecule has 3 heteroatoms. The first kappa shape index (κ1) is 15.8. The van der Waals surface area contributed by atoms with Gasteiger partial charge in [-0.2, -0.15) is 0 Å². The lowest BCUT2D eigenvalue weighted by Gasteiger charge is -2.26. The number of aliphatic hydroxyl groups is 1. The van der Waals surface area contributed by atoms with Gasteiger partial charge in [0.1, 0.15) is 5.75 Å². The quantitative estimate of drug-likeness (QED) is 0.811. The lowest BCUT2D eigenvalue weighted by molar-refractivity contribution is 0.0906. The van der Waals surface area contributed by atoms with Crippen LogP contribution in [-0.2, 0) is 0 Å². The molecule has 1 aliphatic rings. The van der Waals surface area contributed by atoms with Crippen LogP contribution in [0.5, 0.6) is 5.75 Å². The molecule has 2 nitrogen and oxygen atoms in total. The van der Waals surface area contributed by atoms with Crippen molar-refractivity contribution >= 4 is 15.9 Å². The summed E-state index contributed by atoms with van der Waals surface area (Å²) in [7, 11) is 0. The molecule has 0 bridgehead atoms. The Kier molecular flexibility index (Phi) is 6.37. The summed E-state index contributed by atoms with van der Waals surface area (Å²) in [5, 5.41) is 10.7. The van der Waals surface area contributed by atoms with Gasteiger partial charge in [0.25, 0.3) is 0 Å². The second kappa shape index (κ2) is 8.04. The number of benzene rings is 1. The molecule has 0 aliphatic heterocycles. The van der Waals surface area contributed by atoms with E-state index >= 15 is 0 Å². The fourth-order valence-electron chi connectivity index (χ4n) is 3.06. The third-order valence-electron chi connectivity index (χ3n) is 4.20. The molecular weight excluding hydrogens is 316 g/mol. The van der Waals surface area contributed by atoms with Gasteiger partial charge < -0.3 is 9.84 Å². The van der Waals surface area contributed by atoms with Gasteiger partial charge in [0.2, 0.25) is 0 Å². The molecule has 1 fully saturated rings. The molecule has 1 atom stereocenters. The lowest BCUT2D eigenvalue weighted by Crippen LogP contribution is -2.15. The smallest absolute Gasteiger partial charge is 0.120 e. The molecule has 0 aromatic heterocycles. The summed E-state index contributed by atoms with van der Waals surface area (Å²) in [5.41, 5.74) is 0.999. The van der Waals surface area contributed by atoms with E-state index in [0.29, 0.717) is 12.5 Å². The van der Waals surface area contributed by atoms with Gasteiger partial charge in [-0.1, -0.05) is 54.1 Å². The minimum absolute atomic E-state index is 0.363. The van der Waals surface area contributed by atoms with E-state index in [9.17, 15) is 5.11 Å². The van der Waals surface area contributed by atoms with Crippen LogP contribution in [0.15, 0.2) is 22.7 Å². The van der Waals surface area contributed by atoms with Crippen molar-refractivity contribution in [2.75, 3.05) is 6.61 Å². The molecule has 112 valence electrons. The highest BCUT2D eigenvalue weighted by molar-refractivity contribution is 9.10. The molecule has 2 rings (SSSR count). The molecule has 0 spiro atoms. The lowest BCUT2D eigenvalue weighted by atomic mass is 9.84. The molecule has 0 amide bonds. The summed E-state index contributed by atoms with van der Waals surface area (Å²) >= 11 is 3.58. The monoisotopic (exact) mass is 340 g/mol. The fourth-order valence-corrected chi connectivity index (χ4v) is 3.65. The van der Waals surface area contributed by atoms with Gasteiger partial charge in [-0.25, -0.2) is 0 Å². The van der Waals surface area contributed by atoms with Crippen molar-refractivity contribution in [3.8, 4) is 5.75 Å². The normalized spacial score (nSPS) is 19.1. The van der Waals surface area contributed by atoms with Gasteiger partial charge in [-0.05, 0) is 43.4 Å². The number of hydrogen-bond donors (Lipinski definition) is 1. The number of halogens is 1. The molecule has 0 radical (unpaired) electrons. The molecule has 20 heavy (non-hydrogen) atoms. The molecule has 1 unspecified atom stereocenters. The largest absolute Gasteiger partial charge is 0.494 e. The zero-order valence-corrected chi connectivity index (χ0v) is 13.9. The summed E-state index contributed by atoms with van der Waals surface area (Å²) < 4.78 is 6.45. The average Bonchev–Trinajstić information content (AvgIpc) is 2.38. The standard InChI is InChI=1S/C17H25BrO2/c1-2-20-14-10-11-15(16(18)12-14)17(19)13-8-6-4-3-5-7-9-13/h10-13,17,19H,2-9H2,1H3. The van der Waals surface area contributed by atoms with Gasteiger partial charge in [-0.15, -0.1) is 0 Å². The summed E-state index contributed by atoms with van der Waals surface area (Å²) in [6.45, 7) is 2.64. The summed E-state index contributed by atoms with van der Waals surface area (Å²) in [6, 6.07) is 5.92. The van der Waals surface area contributed by atoms with E-state index in [1.165, 1.54) is 32.1 Å². The van der Waals surface area contributed by atoms with E-state index in [0.717, 1.165) is 28.6 Å². The second-order valence-electron chi connectivity index (χ2n) is 5.67. The summed E-state index contributed by atoms with van der Waals surface area (Å²) in [5.74, 6) is 1.25. The molecule has 0 heterocycles. The molecule has 1 aromatic rings. The van der Waals surface area contributed by atoms with Crippen molar-refractivity contribution in [2.24, 2.45) is 5.92 Å². The Balaban J connectivity index is 2.08. The van der Waals surface area contributed by atoms with Crippen LogP contribution < -0.4 is 4.74 Å². The highest BCUT2D eigenvalue weighted by atomic mass is 79.9. The fraction of sp³-hybridized carbons (Fsp3) is 0.647. The zero-order valence-electron chi connectivity index (χ0n) is 12.3.